The lowest BCUT2D eigenvalue weighted by Gasteiger charge is -2.42. The first-order valence-corrected chi connectivity index (χ1v) is 11.0. The molecule has 1 fully saturated rings. The second kappa shape index (κ2) is 7.21. The maximum Gasteiger partial charge on any atom is 0.177 e. The van der Waals surface area contributed by atoms with Crippen molar-refractivity contribution in [2.24, 2.45) is 11.1 Å². The van der Waals surface area contributed by atoms with Crippen molar-refractivity contribution in [2.75, 3.05) is 18.0 Å². The summed E-state index contributed by atoms with van der Waals surface area (Å²) >= 11 is 5.82. The van der Waals surface area contributed by atoms with Gasteiger partial charge in [-0.05, 0) is 41.9 Å². The number of nitrogens with two attached hydrogens (primary N) is 1. The topological polar surface area (TPSA) is 96.6 Å². The van der Waals surface area contributed by atoms with E-state index in [0.29, 0.717) is 16.9 Å². The van der Waals surface area contributed by atoms with E-state index in [0.717, 1.165) is 38.2 Å². The highest BCUT2D eigenvalue weighted by atomic mass is 35.5. The lowest BCUT2D eigenvalue weighted by atomic mass is 9.73. The Morgan fingerprint density at radius 2 is 1.97 bits per heavy atom. The zero-order valence-electron chi connectivity index (χ0n) is 17.2. The molecule has 0 bridgehead atoms. The number of aromatic nitrogens is 5. The molecule has 2 aliphatic rings. The van der Waals surface area contributed by atoms with Crippen LogP contribution in [0.3, 0.4) is 0 Å². The van der Waals surface area contributed by atoms with Gasteiger partial charge < -0.3 is 10.6 Å². The van der Waals surface area contributed by atoms with Gasteiger partial charge in [-0.2, -0.15) is 5.10 Å². The molecule has 0 radical (unpaired) electrons. The third-order valence-electron chi connectivity index (χ3n) is 7.04. The van der Waals surface area contributed by atoms with Crippen LogP contribution >= 0.6 is 11.6 Å². The molecular formula is C23H21ClFN7. The first-order chi connectivity index (χ1) is 15.6. The van der Waals surface area contributed by atoms with E-state index in [-0.39, 0.29) is 22.2 Å². The van der Waals surface area contributed by atoms with Crippen LogP contribution in [0.15, 0.2) is 42.7 Å². The van der Waals surface area contributed by atoms with E-state index in [9.17, 15) is 4.39 Å². The molecule has 3 aromatic heterocycles. The summed E-state index contributed by atoms with van der Waals surface area (Å²) in [6, 6.07) is 10.1. The van der Waals surface area contributed by atoms with Crippen LogP contribution in [0.5, 0.6) is 0 Å². The third kappa shape index (κ3) is 2.90. The molecule has 1 aliphatic carbocycles. The highest BCUT2D eigenvalue weighted by Crippen LogP contribution is 2.50. The number of rotatable bonds is 2. The summed E-state index contributed by atoms with van der Waals surface area (Å²) in [4.78, 5) is 15.2. The van der Waals surface area contributed by atoms with Gasteiger partial charge in [0.1, 0.15) is 17.0 Å². The molecule has 4 aromatic rings. The van der Waals surface area contributed by atoms with Crippen molar-refractivity contribution in [1.29, 1.82) is 0 Å². The van der Waals surface area contributed by atoms with Gasteiger partial charge in [0, 0.05) is 30.9 Å². The van der Waals surface area contributed by atoms with Crippen molar-refractivity contribution in [1.82, 2.24) is 25.1 Å². The van der Waals surface area contributed by atoms with Gasteiger partial charge in [-0.1, -0.05) is 35.9 Å². The number of nitrogens with zero attached hydrogens (tertiary/aromatic N) is 5. The highest BCUT2D eigenvalue weighted by Gasteiger charge is 2.45. The molecule has 1 atom stereocenters. The Hall–Kier alpha value is -3.10. The average molecular weight is 450 g/mol. The number of halogens is 2. The molecule has 0 saturated carbocycles. The SMILES string of the molecule is NC1c2ccccc2CC12CCN(c1cnc3c(-c4ccnc(Cl)c4F)n[nH]c3n1)CC2. The van der Waals surface area contributed by atoms with Crippen LogP contribution in [-0.4, -0.2) is 38.2 Å². The van der Waals surface area contributed by atoms with Crippen LogP contribution in [0.2, 0.25) is 5.15 Å². The lowest BCUT2D eigenvalue weighted by molar-refractivity contribution is 0.187. The maximum absolute atomic E-state index is 14.4. The van der Waals surface area contributed by atoms with Crippen LogP contribution in [0.1, 0.15) is 30.0 Å². The second-order valence-corrected chi connectivity index (χ2v) is 9.02. The standard InChI is InChI=1S/C23H21ClFN7/c24-21-17(25)15(5-8-27-21)18-19-22(31-30-18)29-16(12-28-19)32-9-6-23(7-10-32)11-13-3-1-2-4-14(13)20(23)26/h1-5,8,12,20H,6-7,9-11,26H2,(H,29,30,31). The molecule has 9 heteroatoms. The minimum absolute atomic E-state index is 0.0756. The van der Waals surface area contributed by atoms with E-state index < -0.39 is 5.82 Å². The third-order valence-corrected chi connectivity index (χ3v) is 7.30. The minimum Gasteiger partial charge on any atom is -0.355 e. The number of fused-ring (bicyclic) bond motifs is 2. The summed E-state index contributed by atoms with van der Waals surface area (Å²) in [5, 5.41) is 6.92. The number of benzene rings is 1. The van der Waals surface area contributed by atoms with Crippen LogP contribution < -0.4 is 10.6 Å². The van der Waals surface area contributed by atoms with Gasteiger partial charge in [-0.25, -0.2) is 19.3 Å². The summed E-state index contributed by atoms with van der Waals surface area (Å²) in [6.45, 7) is 1.72. The molecule has 162 valence electrons. The Bertz CT molecular complexity index is 1330. The van der Waals surface area contributed by atoms with E-state index in [1.54, 1.807) is 6.20 Å². The Kier molecular flexibility index (Phi) is 4.41. The van der Waals surface area contributed by atoms with E-state index >= 15 is 0 Å². The predicted octanol–water partition coefficient (Wildman–Crippen LogP) is 4.05. The maximum atomic E-state index is 14.4. The molecule has 1 unspecified atom stereocenters. The summed E-state index contributed by atoms with van der Waals surface area (Å²) in [7, 11) is 0. The Labute approximate surface area is 188 Å². The van der Waals surface area contributed by atoms with Crippen molar-refractivity contribution < 1.29 is 4.39 Å². The number of aromatic amines is 1. The average Bonchev–Trinajstić information content (AvgIpc) is 3.35. The van der Waals surface area contributed by atoms with Gasteiger partial charge in [0.05, 0.1) is 6.20 Å². The smallest absolute Gasteiger partial charge is 0.177 e. The Morgan fingerprint density at radius 1 is 1.16 bits per heavy atom. The number of hydrogen-bond acceptors (Lipinski definition) is 6. The zero-order valence-corrected chi connectivity index (χ0v) is 18.0. The molecule has 1 aromatic carbocycles. The van der Waals surface area contributed by atoms with E-state index in [1.165, 1.54) is 23.4 Å². The van der Waals surface area contributed by atoms with Gasteiger partial charge in [-0.3, -0.25) is 5.10 Å². The summed E-state index contributed by atoms with van der Waals surface area (Å²) < 4.78 is 14.4. The van der Waals surface area contributed by atoms with Crippen molar-refractivity contribution in [2.45, 2.75) is 25.3 Å². The van der Waals surface area contributed by atoms with Crippen LogP contribution in [0.25, 0.3) is 22.4 Å². The van der Waals surface area contributed by atoms with E-state index in [4.69, 9.17) is 22.3 Å². The predicted molar refractivity (Wildman–Crippen MR) is 121 cm³/mol. The zero-order chi connectivity index (χ0) is 21.9. The molecule has 1 saturated heterocycles. The molecule has 7 nitrogen and oxygen atoms in total. The molecular weight excluding hydrogens is 429 g/mol. The van der Waals surface area contributed by atoms with Gasteiger partial charge in [0.2, 0.25) is 0 Å². The Morgan fingerprint density at radius 3 is 2.78 bits per heavy atom. The van der Waals surface area contributed by atoms with Crippen LogP contribution in [0, 0.1) is 11.2 Å². The molecule has 3 N–H and O–H groups in total. The monoisotopic (exact) mass is 449 g/mol. The minimum atomic E-state index is -0.622. The number of pyridine rings is 1. The van der Waals surface area contributed by atoms with Crippen molar-refractivity contribution in [3.05, 3.63) is 64.8 Å². The number of anilines is 1. The number of piperidine rings is 1. The van der Waals surface area contributed by atoms with Gasteiger partial charge in [0.15, 0.2) is 16.6 Å². The van der Waals surface area contributed by atoms with E-state index in [1.807, 2.05) is 0 Å². The summed E-state index contributed by atoms with van der Waals surface area (Å²) in [5.74, 6) is 0.156. The normalized spacial score (nSPS) is 19.6. The molecule has 6 rings (SSSR count). The van der Waals surface area contributed by atoms with Crippen LogP contribution in [0.4, 0.5) is 10.2 Å². The summed E-state index contributed by atoms with van der Waals surface area (Å²) in [6.07, 6.45) is 6.20. The Balaban J connectivity index is 1.25. The quantitative estimate of drug-likeness (QED) is 0.448. The summed E-state index contributed by atoms with van der Waals surface area (Å²) in [5.41, 5.74) is 11.1. The highest BCUT2D eigenvalue weighted by molar-refractivity contribution is 6.29. The molecule has 1 aliphatic heterocycles. The molecule has 0 amide bonds. The first-order valence-electron chi connectivity index (χ1n) is 10.7. The van der Waals surface area contributed by atoms with Crippen molar-refractivity contribution >= 4 is 28.6 Å². The van der Waals surface area contributed by atoms with Gasteiger partial charge in [-0.15, -0.1) is 0 Å². The number of H-pyrrole nitrogens is 1. The van der Waals surface area contributed by atoms with Gasteiger partial charge in [0.25, 0.3) is 0 Å². The fraction of sp³-hybridized carbons (Fsp3) is 0.304. The molecule has 32 heavy (non-hydrogen) atoms. The number of nitrogens with one attached hydrogen (secondary N) is 1. The largest absolute Gasteiger partial charge is 0.355 e. The molecule has 4 heterocycles. The van der Waals surface area contributed by atoms with E-state index in [2.05, 4.69) is 49.3 Å². The molecule has 1 spiro atoms. The fourth-order valence-corrected chi connectivity index (χ4v) is 5.38. The van der Waals surface area contributed by atoms with Gasteiger partial charge >= 0.3 is 0 Å². The van der Waals surface area contributed by atoms with Crippen molar-refractivity contribution in [3.8, 4) is 11.3 Å². The first kappa shape index (κ1) is 19.6. The van der Waals surface area contributed by atoms with Crippen LogP contribution in [-0.2, 0) is 6.42 Å². The van der Waals surface area contributed by atoms with Crippen molar-refractivity contribution in [3.63, 3.8) is 0 Å². The lowest BCUT2D eigenvalue weighted by Crippen LogP contribution is -2.44. The second-order valence-electron chi connectivity index (χ2n) is 8.66. The number of hydrogen-bond donors (Lipinski definition) is 2. The fourth-order valence-electron chi connectivity index (χ4n) is 5.22.